The predicted octanol–water partition coefficient (Wildman–Crippen LogP) is 2.39. The number of benzene rings is 2. The van der Waals surface area contributed by atoms with Gasteiger partial charge in [0.1, 0.15) is 0 Å². The Morgan fingerprint density at radius 2 is 1.47 bits per heavy atom. The molecule has 0 saturated heterocycles. The third kappa shape index (κ3) is 1.51. The zero-order valence-corrected chi connectivity index (χ0v) is 11.3. The Kier molecular flexibility index (Phi) is 2.46. The van der Waals surface area contributed by atoms with Crippen molar-refractivity contribution in [1.82, 2.24) is 0 Å². The van der Waals surface area contributed by atoms with Gasteiger partial charge in [0.15, 0.2) is 11.6 Å². The lowest BCUT2D eigenvalue weighted by atomic mass is 9.82. The van der Waals surface area contributed by atoms with E-state index < -0.39 is 0 Å². The standard InChI is InChI=1S/C14H9BrN2O2/c15-7-4-5-9(17)12-11(7)14(19)10-6(13(12)18)2-1-3-8(10)16/h1-5H,16-17H2. The van der Waals surface area contributed by atoms with Crippen molar-refractivity contribution in [3.63, 3.8) is 0 Å². The van der Waals surface area contributed by atoms with Crippen molar-refractivity contribution >= 4 is 38.9 Å². The van der Waals surface area contributed by atoms with Crippen LogP contribution in [0.15, 0.2) is 34.8 Å². The average Bonchev–Trinajstić information content (AvgIpc) is 2.38. The van der Waals surface area contributed by atoms with E-state index in [9.17, 15) is 9.59 Å². The minimum absolute atomic E-state index is 0.248. The van der Waals surface area contributed by atoms with Crippen LogP contribution < -0.4 is 11.5 Å². The number of hydrogen-bond acceptors (Lipinski definition) is 4. The summed E-state index contributed by atoms with van der Waals surface area (Å²) in [5, 5.41) is 0. The number of nitrogens with two attached hydrogens (primary N) is 2. The lowest BCUT2D eigenvalue weighted by molar-refractivity contribution is 0.0979. The molecule has 0 aliphatic heterocycles. The van der Waals surface area contributed by atoms with E-state index in [4.69, 9.17) is 11.5 Å². The first-order valence-corrected chi connectivity index (χ1v) is 6.37. The van der Waals surface area contributed by atoms with Gasteiger partial charge >= 0.3 is 0 Å². The first-order chi connectivity index (χ1) is 9.02. The molecule has 0 atom stereocenters. The van der Waals surface area contributed by atoms with Crippen LogP contribution in [0.2, 0.25) is 0 Å². The highest BCUT2D eigenvalue weighted by atomic mass is 79.9. The fourth-order valence-electron chi connectivity index (χ4n) is 2.33. The zero-order chi connectivity index (χ0) is 13.7. The van der Waals surface area contributed by atoms with Gasteiger partial charge in [0.05, 0.1) is 16.7 Å². The van der Waals surface area contributed by atoms with Crippen LogP contribution in [-0.4, -0.2) is 11.6 Å². The summed E-state index contributed by atoms with van der Waals surface area (Å²) in [6.45, 7) is 0. The van der Waals surface area contributed by atoms with Crippen LogP contribution in [-0.2, 0) is 0 Å². The number of ketones is 2. The molecule has 2 aromatic carbocycles. The van der Waals surface area contributed by atoms with Gasteiger partial charge in [-0.15, -0.1) is 0 Å². The molecule has 4 nitrogen and oxygen atoms in total. The molecule has 0 aromatic heterocycles. The summed E-state index contributed by atoms with van der Waals surface area (Å²) < 4.78 is 0.545. The Morgan fingerprint density at radius 1 is 0.789 bits per heavy atom. The van der Waals surface area contributed by atoms with E-state index >= 15 is 0 Å². The average molecular weight is 317 g/mol. The van der Waals surface area contributed by atoms with Crippen molar-refractivity contribution in [2.75, 3.05) is 11.5 Å². The molecular weight excluding hydrogens is 308 g/mol. The summed E-state index contributed by atoms with van der Waals surface area (Å²) in [6, 6.07) is 8.11. The van der Waals surface area contributed by atoms with Gasteiger partial charge in [0.25, 0.3) is 0 Å². The zero-order valence-electron chi connectivity index (χ0n) is 9.74. The highest BCUT2D eigenvalue weighted by molar-refractivity contribution is 9.10. The molecule has 0 saturated carbocycles. The minimum atomic E-state index is -0.276. The number of carbonyl (C=O) groups is 2. The van der Waals surface area contributed by atoms with Crippen LogP contribution in [0.4, 0.5) is 11.4 Å². The molecule has 0 radical (unpaired) electrons. The highest BCUT2D eigenvalue weighted by Crippen LogP contribution is 2.36. The van der Waals surface area contributed by atoms with E-state index in [0.29, 0.717) is 21.4 Å². The fourth-order valence-corrected chi connectivity index (χ4v) is 2.84. The molecule has 2 aromatic rings. The highest BCUT2D eigenvalue weighted by Gasteiger charge is 2.34. The van der Waals surface area contributed by atoms with Crippen molar-refractivity contribution in [3.05, 3.63) is 57.1 Å². The first-order valence-electron chi connectivity index (χ1n) is 5.58. The van der Waals surface area contributed by atoms with Crippen LogP contribution in [0.3, 0.4) is 0 Å². The normalized spacial score (nSPS) is 13.1. The van der Waals surface area contributed by atoms with Crippen LogP contribution in [0, 0.1) is 0 Å². The molecule has 3 rings (SSSR count). The number of carbonyl (C=O) groups excluding carboxylic acids is 2. The van der Waals surface area contributed by atoms with Crippen LogP contribution >= 0.6 is 15.9 Å². The third-order valence-corrected chi connectivity index (χ3v) is 3.87. The van der Waals surface area contributed by atoms with Gasteiger partial charge in [-0.25, -0.2) is 0 Å². The summed E-state index contributed by atoms with van der Waals surface area (Å²) in [5.74, 6) is -0.544. The number of anilines is 2. The second-order valence-electron chi connectivity index (χ2n) is 4.31. The fraction of sp³-hybridized carbons (Fsp3) is 0. The summed E-state index contributed by atoms with van der Waals surface area (Å²) in [5.41, 5.74) is 13.3. The molecular formula is C14H9BrN2O2. The van der Waals surface area contributed by atoms with Gasteiger partial charge in [-0.3, -0.25) is 9.59 Å². The SMILES string of the molecule is Nc1cccc2c1C(=O)c1c(Br)ccc(N)c1C2=O. The summed E-state index contributed by atoms with van der Waals surface area (Å²) in [6.07, 6.45) is 0. The molecule has 1 aliphatic carbocycles. The predicted molar refractivity (Wildman–Crippen MR) is 76.3 cm³/mol. The van der Waals surface area contributed by atoms with Gasteiger partial charge in [0.2, 0.25) is 0 Å². The van der Waals surface area contributed by atoms with Gasteiger partial charge in [0, 0.05) is 21.4 Å². The van der Waals surface area contributed by atoms with E-state index in [2.05, 4.69) is 15.9 Å². The molecule has 94 valence electrons. The maximum absolute atomic E-state index is 12.5. The van der Waals surface area contributed by atoms with Crippen molar-refractivity contribution in [2.24, 2.45) is 0 Å². The summed E-state index contributed by atoms with van der Waals surface area (Å²) in [7, 11) is 0. The van der Waals surface area contributed by atoms with Crippen LogP contribution in [0.1, 0.15) is 31.8 Å². The first kappa shape index (κ1) is 11.9. The Morgan fingerprint density at radius 3 is 2.21 bits per heavy atom. The lowest BCUT2D eigenvalue weighted by Gasteiger charge is -2.21. The Balaban J connectivity index is 2.43. The molecule has 4 N–H and O–H groups in total. The maximum Gasteiger partial charge on any atom is 0.197 e. The number of rotatable bonds is 0. The van der Waals surface area contributed by atoms with E-state index in [-0.39, 0.29) is 28.3 Å². The second kappa shape index (κ2) is 3.93. The molecule has 0 amide bonds. The van der Waals surface area contributed by atoms with E-state index in [1.54, 1.807) is 30.3 Å². The van der Waals surface area contributed by atoms with Crippen LogP contribution in [0.25, 0.3) is 0 Å². The number of fused-ring (bicyclic) bond motifs is 2. The quantitative estimate of drug-likeness (QED) is 0.623. The smallest absolute Gasteiger partial charge is 0.197 e. The van der Waals surface area contributed by atoms with Crippen molar-refractivity contribution in [1.29, 1.82) is 0 Å². The Bertz CT molecular complexity index is 753. The molecule has 1 aliphatic rings. The van der Waals surface area contributed by atoms with Gasteiger partial charge < -0.3 is 11.5 Å². The van der Waals surface area contributed by atoms with E-state index in [1.165, 1.54) is 0 Å². The summed E-state index contributed by atoms with van der Waals surface area (Å²) >= 11 is 3.29. The van der Waals surface area contributed by atoms with Gasteiger partial charge in [-0.1, -0.05) is 28.1 Å². The van der Waals surface area contributed by atoms with E-state index in [0.717, 1.165) is 0 Å². The van der Waals surface area contributed by atoms with Crippen molar-refractivity contribution in [3.8, 4) is 0 Å². The molecule has 0 fully saturated rings. The molecule has 5 heteroatoms. The Labute approximate surface area is 117 Å². The minimum Gasteiger partial charge on any atom is -0.398 e. The molecule has 0 spiro atoms. The molecule has 0 bridgehead atoms. The molecule has 0 unspecified atom stereocenters. The Hall–Kier alpha value is -2.14. The van der Waals surface area contributed by atoms with Crippen molar-refractivity contribution < 1.29 is 9.59 Å². The number of hydrogen-bond donors (Lipinski definition) is 2. The van der Waals surface area contributed by atoms with E-state index in [1.807, 2.05) is 0 Å². The number of halogens is 1. The largest absolute Gasteiger partial charge is 0.398 e. The monoisotopic (exact) mass is 316 g/mol. The molecule has 0 heterocycles. The third-order valence-electron chi connectivity index (χ3n) is 3.21. The summed E-state index contributed by atoms with van der Waals surface area (Å²) in [4.78, 5) is 25.0. The maximum atomic E-state index is 12.5. The topological polar surface area (TPSA) is 86.2 Å². The second-order valence-corrected chi connectivity index (χ2v) is 5.17. The lowest BCUT2D eigenvalue weighted by Crippen LogP contribution is -2.24. The molecule has 19 heavy (non-hydrogen) atoms. The van der Waals surface area contributed by atoms with Gasteiger partial charge in [-0.05, 0) is 18.2 Å². The van der Waals surface area contributed by atoms with Gasteiger partial charge in [-0.2, -0.15) is 0 Å². The van der Waals surface area contributed by atoms with Crippen LogP contribution in [0.5, 0.6) is 0 Å². The number of nitrogen functional groups attached to an aromatic ring is 2. The van der Waals surface area contributed by atoms with Crippen molar-refractivity contribution in [2.45, 2.75) is 0 Å².